The molecule has 0 bridgehead atoms. The first kappa shape index (κ1) is 14.6. The lowest BCUT2D eigenvalue weighted by Crippen LogP contribution is -2.09. The molecule has 6 heteroatoms. The molecule has 0 radical (unpaired) electrons. The smallest absolute Gasteiger partial charge is 0.360 e. The summed E-state index contributed by atoms with van der Waals surface area (Å²) in [5.74, 6) is -0.432. The van der Waals surface area contributed by atoms with Gasteiger partial charge in [0.1, 0.15) is 0 Å². The quantitative estimate of drug-likeness (QED) is 0.557. The minimum Gasteiger partial charge on any atom is -0.464 e. The van der Waals surface area contributed by atoms with Crippen LogP contribution in [0.3, 0.4) is 0 Å². The van der Waals surface area contributed by atoms with E-state index in [9.17, 15) is 4.79 Å². The highest BCUT2D eigenvalue weighted by Gasteiger charge is 2.18. The third-order valence-electron chi connectivity index (χ3n) is 2.83. The van der Waals surface area contributed by atoms with Crippen molar-refractivity contribution in [1.82, 2.24) is 15.0 Å². The van der Waals surface area contributed by atoms with Crippen molar-refractivity contribution in [3.05, 3.63) is 11.4 Å². The van der Waals surface area contributed by atoms with Crippen LogP contribution in [0.2, 0.25) is 0 Å². The number of carbonyl (C=O) groups excluding carboxylic acids is 1. The van der Waals surface area contributed by atoms with E-state index in [1.807, 2.05) is 6.92 Å². The maximum atomic E-state index is 11.5. The molecule has 0 atom stereocenters. The lowest BCUT2D eigenvalue weighted by atomic mass is 10.2. The predicted molar refractivity (Wildman–Crippen MR) is 66.3 cm³/mol. The van der Waals surface area contributed by atoms with Crippen molar-refractivity contribution < 1.29 is 14.6 Å². The average molecular weight is 255 g/mol. The number of aliphatic hydroxyl groups excluding tert-OH is 1. The fourth-order valence-electron chi connectivity index (χ4n) is 1.84. The van der Waals surface area contributed by atoms with Gasteiger partial charge in [-0.25, -0.2) is 9.48 Å². The Kier molecular flexibility index (Phi) is 6.35. The molecule has 1 rings (SSSR count). The molecular formula is C12H21N3O3. The molecule has 0 spiro atoms. The summed E-state index contributed by atoms with van der Waals surface area (Å²) in [4.78, 5) is 11.5. The number of aryl methyl sites for hydroxylation is 1. The third-order valence-corrected chi connectivity index (χ3v) is 2.83. The molecule has 0 aromatic carbocycles. The maximum absolute atomic E-state index is 11.5. The Morgan fingerprint density at radius 2 is 2.06 bits per heavy atom. The zero-order valence-corrected chi connectivity index (χ0v) is 11.1. The van der Waals surface area contributed by atoms with Crippen molar-refractivity contribution in [1.29, 1.82) is 0 Å². The summed E-state index contributed by atoms with van der Waals surface area (Å²) in [6.07, 6.45) is 4.56. The van der Waals surface area contributed by atoms with Gasteiger partial charge in [-0.15, -0.1) is 5.10 Å². The number of ether oxygens (including phenoxy) is 1. The van der Waals surface area contributed by atoms with Crippen LogP contribution in [0, 0.1) is 0 Å². The zero-order valence-electron chi connectivity index (χ0n) is 11.1. The second kappa shape index (κ2) is 7.81. The lowest BCUT2D eigenvalue weighted by molar-refractivity contribution is 0.0592. The third kappa shape index (κ3) is 3.80. The molecule has 18 heavy (non-hydrogen) atoms. The molecule has 0 unspecified atom stereocenters. The van der Waals surface area contributed by atoms with Crippen LogP contribution in [0.5, 0.6) is 0 Å². The van der Waals surface area contributed by atoms with E-state index in [0.717, 1.165) is 37.9 Å². The Morgan fingerprint density at radius 1 is 1.33 bits per heavy atom. The second-order valence-corrected chi connectivity index (χ2v) is 4.09. The van der Waals surface area contributed by atoms with E-state index in [1.54, 1.807) is 4.68 Å². The summed E-state index contributed by atoms with van der Waals surface area (Å²) >= 11 is 0. The van der Waals surface area contributed by atoms with Gasteiger partial charge in [0.25, 0.3) is 0 Å². The standard InChI is InChI=1S/C12H21N3O3/c1-3-10-11(12(17)18-2)13-14-15(10)8-6-4-5-7-9-16/h16H,3-9H2,1-2H3. The Morgan fingerprint density at radius 3 is 2.67 bits per heavy atom. The van der Waals surface area contributed by atoms with Gasteiger partial charge in [-0.3, -0.25) is 0 Å². The van der Waals surface area contributed by atoms with Crippen molar-refractivity contribution in [2.24, 2.45) is 0 Å². The first-order chi connectivity index (χ1) is 8.74. The van der Waals surface area contributed by atoms with Crippen LogP contribution >= 0.6 is 0 Å². The number of methoxy groups -OCH3 is 1. The lowest BCUT2D eigenvalue weighted by Gasteiger charge is -2.05. The normalized spacial score (nSPS) is 10.6. The minimum atomic E-state index is -0.432. The number of unbranched alkanes of at least 4 members (excludes halogenated alkanes) is 3. The Balaban J connectivity index is 2.55. The van der Waals surface area contributed by atoms with Crippen LogP contribution in [0.4, 0.5) is 0 Å². The van der Waals surface area contributed by atoms with Crippen LogP contribution in [-0.2, 0) is 17.7 Å². The number of carbonyl (C=O) groups is 1. The summed E-state index contributed by atoms with van der Waals surface area (Å²) in [5.41, 5.74) is 1.14. The van der Waals surface area contributed by atoms with Crippen LogP contribution in [0.25, 0.3) is 0 Å². The fraction of sp³-hybridized carbons (Fsp3) is 0.750. The van der Waals surface area contributed by atoms with E-state index < -0.39 is 5.97 Å². The number of hydrogen-bond donors (Lipinski definition) is 1. The van der Waals surface area contributed by atoms with Gasteiger partial charge in [0, 0.05) is 13.2 Å². The van der Waals surface area contributed by atoms with Crippen molar-refractivity contribution in [3.63, 3.8) is 0 Å². The molecule has 0 aliphatic heterocycles. The summed E-state index contributed by atoms with van der Waals surface area (Å²) in [7, 11) is 1.34. The molecule has 1 aromatic rings. The van der Waals surface area contributed by atoms with Crippen LogP contribution < -0.4 is 0 Å². The Labute approximate surface area is 107 Å². The molecule has 0 amide bonds. The fourth-order valence-corrected chi connectivity index (χ4v) is 1.84. The molecule has 102 valence electrons. The van der Waals surface area contributed by atoms with Crippen molar-refractivity contribution >= 4 is 5.97 Å². The van der Waals surface area contributed by atoms with E-state index in [4.69, 9.17) is 5.11 Å². The summed E-state index contributed by atoms with van der Waals surface area (Å²) in [5, 5.41) is 16.5. The predicted octanol–water partition coefficient (Wildman–Crippen LogP) is 1.18. The molecule has 0 aliphatic rings. The number of hydrogen-bond acceptors (Lipinski definition) is 5. The van der Waals surface area contributed by atoms with Crippen molar-refractivity contribution in [3.8, 4) is 0 Å². The van der Waals surface area contributed by atoms with E-state index in [2.05, 4.69) is 15.0 Å². The Hall–Kier alpha value is -1.43. The molecule has 1 N–H and O–H groups in total. The Bertz CT molecular complexity index is 377. The number of aliphatic hydroxyl groups is 1. The topological polar surface area (TPSA) is 77.2 Å². The second-order valence-electron chi connectivity index (χ2n) is 4.09. The molecule has 1 heterocycles. The highest BCUT2D eigenvalue weighted by molar-refractivity contribution is 5.88. The summed E-state index contributed by atoms with van der Waals surface area (Å²) in [6, 6.07) is 0. The number of rotatable bonds is 8. The molecule has 6 nitrogen and oxygen atoms in total. The molecule has 1 aromatic heterocycles. The summed E-state index contributed by atoms with van der Waals surface area (Å²) in [6.45, 7) is 2.96. The van der Waals surface area contributed by atoms with Gasteiger partial charge < -0.3 is 9.84 Å². The van der Waals surface area contributed by atoms with E-state index in [-0.39, 0.29) is 6.61 Å². The van der Waals surface area contributed by atoms with E-state index in [1.165, 1.54) is 7.11 Å². The largest absolute Gasteiger partial charge is 0.464 e. The average Bonchev–Trinajstić information content (AvgIpc) is 2.80. The van der Waals surface area contributed by atoms with Crippen LogP contribution in [0.15, 0.2) is 0 Å². The monoisotopic (exact) mass is 255 g/mol. The van der Waals surface area contributed by atoms with Gasteiger partial charge in [0.05, 0.1) is 12.8 Å². The maximum Gasteiger partial charge on any atom is 0.360 e. The molecule has 0 saturated carbocycles. The van der Waals surface area contributed by atoms with Gasteiger partial charge in [-0.2, -0.15) is 0 Å². The first-order valence-electron chi connectivity index (χ1n) is 6.36. The van der Waals surface area contributed by atoms with Crippen LogP contribution in [-0.4, -0.2) is 39.8 Å². The van der Waals surface area contributed by atoms with Gasteiger partial charge in [-0.1, -0.05) is 25.0 Å². The summed E-state index contributed by atoms with van der Waals surface area (Å²) < 4.78 is 6.44. The van der Waals surface area contributed by atoms with Gasteiger partial charge >= 0.3 is 5.97 Å². The molecular weight excluding hydrogens is 234 g/mol. The number of esters is 1. The minimum absolute atomic E-state index is 0.246. The van der Waals surface area contributed by atoms with Gasteiger partial charge in [0.2, 0.25) is 0 Å². The molecule has 0 saturated heterocycles. The number of aromatic nitrogens is 3. The van der Waals surface area contributed by atoms with Gasteiger partial charge in [-0.05, 0) is 19.3 Å². The molecule has 0 fully saturated rings. The van der Waals surface area contributed by atoms with Crippen molar-refractivity contribution in [2.45, 2.75) is 45.6 Å². The highest BCUT2D eigenvalue weighted by atomic mass is 16.5. The SMILES string of the molecule is CCc1c(C(=O)OC)nnn1CCCCCCO. The van der Waals surface area contributed by atoms with Crippen molar-refractivity contribution in [2.75, 3.05) is 13.7 Å². The highest BCUT2D eigenvalue weighted by Crippen LogP contribution is 2.10. The zero-order chi connectivity index (χ0) is 13.4. The van der Waals surface area contributed by atoms with Crippen LogP contribution in [0.1, 0.15) is 48.8 Å². The molecule has 0 aliphatic carbocycles. The van der Waals surface area contributed by atoms with E-state index >= 15 is 0 Å². The van der Waals surface area contributed by atoms with E-state index in [0.29, 0.717) is 12.1 Å². The number of nitrogens with zero attached hydrogens (tertiary/aromatic N) is 3. The first-order valence-corrected chi connectivity index (χ1v) is 6.36. The van der Waals surface area contributed by atoms with Gasteiger partial charge in [0.15, 0.2) is 5.69 Å².